The van der Waals surface area contributed by atoms with Crippen LogP contribution in [0.4, 0.5) is 0 Å². The molecule has 0 unspecified atom stereocenters. The van der Waals surface area contributed by atoms with Gasteiger partial charge in [0, 0.05) is 38.2 Å². The van der Waals surface area contributed by atoms with Gasteiger partial charge in [-0.15, -0.1) is 0 Å². The first-order chi connectivity index (χ1) is 13.0. The Labute approximate surface area is 169 Å². The average Bonchev–Trinajstić information content (AvgIpc) is 2.94. The Morgan fingerprint density at radius 1 is 1.07 bits per heavy atom. The number of aryl methyl sites for hydroxylation is 1. The van der Waals surface area contributed by atoms with Gasteiger partial charge in [0.25, 0.3) is 0 Å². The molecule has 1 heterocycles. The fourth-order valence-corrected chi connectivity index (χ4v) is 3.52. The standard InChI is InChI=1S/C21H21Cl2N3O/c1-14-11-16(12-24-25-13-19-20(22)5-4-6-21(19)23)15(2)26(14)17-7-9-18(27-3)10-8-17/h4-12,25H,13H2,1-3H3/b24-12+. The van der Waals surface area contributed by atoms with Crippen LogP contribution in [0.1, 0.15) is 22.5 Å². The number of nitrogens with one attached hydrogen (secondary N) is 1. The minimum Gasteiger partial charge on any atom is -0.497 e. The molecule has 0 amide bonds. The fourth-order valence-electron chi connectivity index (χ4n) is 2.99. The van der Waals surface area contributed by atoms with Crippen LogP contribution in [-0.4, -0.2) is 17.9 Å². The van der Waals surface area contributed by atoms with Gasteiger partial charge in [0.05, 0.1) is 19.9 Å². The van der Waals surface area contributed by atoms with Crippen molar-refractivity contribution >= 4 is 29.4 Å². The summed E-state index contributed by atoms with van der Waals surface area (Å²) in [7, 11) is 1.67. The lowest BCUT2D eigenvalue weighted by Crippen LogP contribution is -2.07. The van der Waals surface area contributed by atoms with Crippen molar-refractivity contribution in [2.24, 2.45) is 5.10 Å². The molecule has 0 saturated heterocycles. The predicted octanol–water partition coefficient (Wildman–Crippen LogP) is 5.53. The maximum absolute atomic E-state index is 6.18. The number of hydrazone groups is 1. The van der Waals surface area contributed by atoms with E-state index in [0.29, 0.717) is 16.6 Å². The first-order valence-electron chi connectivity index (χ1n) is 8.53. The number of rotatable bonds is 6. The number of aromatic nitrogens is 1. The third-order valence-corrected chi connectivity index (χ3v) is 5.12. The van der Waals surface area contributed by atoms with Gasteiger partial charge in [-0.2, -0.15) is 5.10 Å². The quantitative estimate of drug-likeness (QED) is 0.435. The first-order valence-corrected chi connectivity index (χ1v) is 9.29. The largest absolute Gasteiger partial charge is 0.497 e. The van der Waals surface area contributed by atoms with Gasteiger partial charge in [0.15, 0.2) is 0 Å². The van der Waals surface area contributed by atoms with Crippen molar-refractivity contribution in [2.75, 3.05) is 7.11 Å². The van der Waals surface area contributed by atoms with Gasteiger partial charge in [-0.3, -0.25) is 0 Å². The molecule has 1 aromatic heterocycles. The van der Waals surface area contributed by atoms with Crippen LogP contribution in [0.25, 0.3) is 5.69 Å². The van der Waals surface area contributed by atoms with Crippen molar-refractivity contribution in [2.45, 2.75) is 20.4 Å². The third kappa shape index (κ3) is 4.29. The van der Waals surface area contributed by atoms with Crippen LogP contribution >= 0.6 is 23.2 Å². The lowest BCUT2D eigenvalue weighted by atomic mass is 10.2. The first kappa shape index (κ1) is 19.3. The van der Waals surface area contributed by atoms with Gasteiger partial charge in [-0.25, -0.2) is 0 Å². The highest BCUT2D eigenvalue weighted by Gasteiger charge is 2.10. The Balaban J connectivity index is 1.75. The molecule has 140 valence electrons. The van der Waals surface area contributed by atoms with E-state index in [2.05, 4.69) is 35.0 Å². The van der Waals surface area contributed by atoms with Crippen LogP contribution in [0.2, 0.25) is 10.0 Å². The molecule has 1 N–H and O–H groups in total. The monoisotopic (exact) mass is 401 g/mol. The molecule has 0 saturated carbocycles. The van der Waals surface area contributed by atoms with E-state index in [-0.39, 0.29) is 0 Å². The molecule has 3 rings (SSSR count). The highest BCUT2D eigenvalue weighted by Crippen LogP contribution is 2.24. The van der Waals surface area contributed by atoms with E-state index in [1.165, 1.54) is 0 Å². The van der Waals surface area contributed by atoms with Crippen molar-refractivity contribution in [3.63, 3.8) is 0 Å². The molecule has 0 bridgehead atoms. The molecule has 0 spiro atoms. The summed E-state index contributed by atoms with van der Waals surface area (Å²) in [5.41, 5.74) is 8.22. The van der Waals surface area contributed by atoms with Gasteiger partial charge in [0.1, 0.15) is 5.75 Å². The second-order valence-corrected chi connectivity index (χ2v) is 6.97. The smallest absolute Gasteiger partial charge is 0.119 e. The second-order valence-electron chi connectivity index (χ2n) is 6.15. The van der Waals surface area contributed by atoms with Crippen LogP contribution in [0, 0.1) is 13.8 Å². The zero-order chi connectivity index (χ0) is 19.4. The number of hydrogen-bond acceptors (Lipinski definition) is 3. The summed E-state index contributed by atoms with van der Waals surface area (Å²) in [6.07, 6.45) is 1.81. The minimum absolute atomic E-state index is 0.465. The van der Waals surface area contributed by atoms with Gasteiger partial charge < -0.3 is 14.7 Å². The van der Waals surface area contributed by atoms with Crippen LogP contribution in [0.5, 0.6) is 5.75 Å². The van der Waals surface area contributed by atoms with E-state index in [0.717, 1.165) is 34.0 Å². The Morgan fingerprint density at radius 3 is 2.37 bits per heavy atom. The molecule has 0 atom stereocenters. The van der Waals surface area contributed by atoms with E-state index < -0.39 is 0 Å². The molecular weight excluding hydrogens is 381 g/mol. The molecule has 4 nitrogen and oxygen atoms in total. The van der Waals surface area contributed by atoms with E-state index >= 15 is 0 Å². The number of ether oxygens (including phenoxy) is 1. The fraction of sp³-hybridized carbons (Fsp3) is 0.190. The van der Waals surface area contributed by atoms with Gasteiger partial charge in [-0.1, -0.05) is 29.3 Å². The zero-order valence-electron chi connectivity index (χ0n) is 15.5. The lowest BCUT2D eigenvalue weighted by Gasteiger charge is -2.10. The van der Waals surface area contributed by atoms with Crippen LogP contribution in [-0.2, 0) is 6.54 Å². The molecule has 0 fully saturated rings. The summed E-state index contributed by atoms with van der Waals surface area (Å²) in [6.45, 7) is 4.61. The molecule has 6 heteroatoms. The van der Waals surface area contributed by atoms with Crippen molar-refractivity contribution in [1.29, 1.82) is 0 Å². The molecule has 0 aliphatic carbocycles. The van der Waals surface area contributed by atoms with Crippen LogP contribution in [0.15, 0.2) is 53.6 Å². The van der Waals surface area contributed by atoms with Crippen molar-refractivity contribution in [3.05, 3.63) is 81.1 Å². The van der Waals surface area contributed by atoms with Gasteiger partial charge >= 0.3 is 0 Å². The van der Waals surface area contributed by atoms with Gasteiger partial charge in [-0.05, 0) is 56.3 Å². The summed E-state index contributed by atoms with van der Waals surface area (Å²) < 4.78 is 7.42. The van der Waals surface area contributed by atoms with E-state index in [9.17, 15) is 0 Å². The average molecular weight is 402 g/mol. The van der Waals surface area contributed by atoms with Crippen molar-refractivity contribution in [3.8, 4) is 11.4 Å². The minimum atomic E-state index is 0.465. The normalized spacial score (nSPS) is 11.1. The number of halogens is 2. The summed E-state index contributed by atoms with van der Waals surface area (Å²) in [5.74, 6) is 0.838. The predicted molar refractivity (Wildman–Crippen MR) is 113 cm³/mol. The van der Waals surface area contributed by atoms with Gasteiger partial charge in [0.2, 0.25) is 0 Å². The Kier molecular flexibility index (Phi) is 6.09. The topological polar surface area (TPSA) is 38.5 Å². The SMILES string of the molecule is COc1ccc(-n2c(C)cc(/C=N/NCc3c(Cl)cccc3Cl)c2C)cc1. The lowest BCUT2D eigenvalue weighted by molar-refractivity contribution is 0.414. The maximum Gasteiger partial charge on any atom is 0.119 e. The molecular formula is C21H21Cl2N3O. The number of nitrogens with zero attached hydrogens (tertiary/aromatic N) is 2. The summed E-state index contributed by atoms with van der Waals surface area (Å²) >= 11 is 12.4. The Morgan fingerprint density at radius 2 is 1.74 bits per heavy atom. The summed E-state index contributed by atoms with van der Waals surface area (Å²) in [5, 5.41) is 5.59. The highest BCUT2D eigenvalue weighted by atomic mass is 35.5. The number of hydrogen-bond donors (Lipinski definition) is 1. The molecule has 2 aromatic carbocycles. The van der Waals surface area contributed by atoms with Crippen LogP contribution in [0.3, 0.4) is 0 Å². The Bertz CT molecular complexity index is 942. The van der Waals surface area contributed by atoms with E-state index in [1.807, 2.05) is 48.7 Å². The maximum atomic E-state index is 6.18. The second kappa shape index (κ2) is 8.51. The summed E-state index contributed by atoms with van der Waals surface area (Å²) in [6, 6.07) is 15.6. The number of benzene rings is 2. The molecule has 0 radical (unpaired) electrons. The number of methoxy groups -OCH3 is 1. The Hall–Kier alpha value is -2.43. The summed E-state index contributed by atoms with van der Waals surface area (Å²) in [4.78, 5) is 0. The molecule has 0 aliphatic heterocycles. The third-order valence-electron chi connectivity index (χ3n) is 4.41. The van der Waals surface area contributed by atoms with Crippen molar-refractivity contribution in [1.82, 2.24) is 9.99 Å². The van der Waals surface area contributed by atoms with Crippen molar-refractivity contribution < 1.29 is 4.74 Å². The zero-order valence-corrected chi connectivity index (χ0v) is 17.0. The molecule has 3 aromatic rings. The van der Waals surface area contributed by atoms with E-state index in [4.69, 9.17) is 27.9 Å². The highest BCUT2D eigenvalue weighted by molar-refractivity contribution is 6.35. The van der Waals surface area contributed by atoms with Crippen LogP contribution < -0.4 is 10.2 Å². The van der Waals surface area contributed by atoms with E-state index in [1.54, 1.807) is 7.11 Å². The molecule has 0 aliphatic rings. The molecule has 27 heavy (non-hydrogen) atoms.